The Hall–Kier alpha value is -2.40. The van der Waals surface area contributed by atoms with Crippen LogP contribution in [0.4, 0.5) is 11.5 Å². The van der Waals surface area contributed by atoms with Gasteiger partial charge in [0.2, 0.25) is 0 Å². The fourth-order valence-corrected chi connectivity index (χ4v) is 3.48. The van der Waals surface area contributed by atoms with Crippen LogP contribution in [-0.4, -0.2) is 37.2 Å². The highest BCUT2D eigenvalue weighted by atomic mass is 16.5. The number of ether oxygens (including phenoxy) is 1. The maximum absolute atomic E-state index is 13.2. The summed E-state index contributed by atoms with van der Waals surface area (Å²) in [6.45, 7) is 11.4. The number of para-hydroxylation sites is 1. The minimum Gasteiger partial charge on any atom is -0.378 e. The number of benzene rings is 1. The third kappa shape index (κ3) is 4.30. The van der Waals surface area contributed by atoms with E-state index >= 15 is 0 Å². The van der Waals surface area contributed by atoms with Gasteiger partial charge in [-0.25, -0.2) is 4.98 Å². The summed E-state index contributed by atoms with van der Waals surface area (Å²) in [5.74, 6) is 1.27. The molecular weight excluding hydrogens is 338 g/mol. The van der Waals surface area contributed by atoms with Gasteiger partial charge in [-0.2, -0.15) is 0 Å². The van der Waals surface area contributed by atoms with Crippen LogP contribution in [0.15, 0.2) is 36.5 Å². The first-order valence-corrected chi connectivity index (χ1v) is 9.71. The zero-order chi connectivity index (χ0) is 19.4. The maximum atomic E-state index is 13.2. The molecule has 0 aliphatic carbocycles. The van der Waals surface area contributed by atoms with Gasteiger partial charge in [-0.05, 0) is 35.1 Å². The molecule has 1 fully saturated rings. The summed E-state index contributed by atoms with van der Waals surface area (Å²) >= 11 is 0. The van der Waals surface area contributed by atoms with Gasteiger partial charge < -0.3 is 15.0 Å². The van der Waals surface area contributed by atoms with Crippen LogP contribution in [-0.2, 0) is 4.74 Å². The quantitative estimate of drug-likeness (QED) is 0.850. The molecule has 144 valence electrons. The van der Waals surface area contributed by atoms with E-state index < -0.39 is 0 Å². The van der Waals surface area contributed by atoms with Gasteiger partial charge in [0.05, 0.1) is 18.8 Å². The van der Waals surface area contributed by atoms with Gasteiger partial charge in [-0.15, -0.1) is 0 Å². The summed E-state index contributed by atoms with van der Waals surface area (Å²) in [5.41, 5.74) is 3.86. The van der Waals surface area contributed by atoms with E-state index in [4.69, 9.17) is 4.74 Å². The lowest BCUT2D eigenvalue weighted by Gasteiger charge is -2.29. The van der Waals surface area contributed by atoms with Crippen molar-refractivity contribution in [3.05, 3.63) is 53.2 Å². The fraction of sp³-hybridized carbons (Fsp3) is 0.455. The lowest BCUT2D eigenvalue weighted by Crippen LogP contribution is -2.38. The van der Waals surface area contributed by atoms with Crippen LogP contribution in [0, 0.1) is 0 Å². The second-order valence-corrected chi connectivity index (χ2v) is 7.55. The number of carbonyl (C=O) groups excluding carboxylic acids is 1. The van der Waals surface area contributed by atoms with Crippen LogP contribution in [0.1, 0.15) is 61.0 Å². The van der Waals surface area contributed by atoms with Crippen LogP contribution in [0.25, 0.3) is 0 Å². The van der Waals surface area contributed by atoms with E-state index in [1.54, 1.807) is 6.20 Å². The Bertz CT molecular complexity index is 770. The topological polar surface area (TPSA) is 54.5 Å². The average molecular weight is 367 g/mol. The zero-order valence-electron chi connectivity index (χ0n) is 16.7. The SMILES string of the molecule is CC(C)c1cccc(C(C)C)c1NC(=O)c1cccnc1N1CCOCC1. The smallest absolute Gasteiger partial charge is 0.259 e. The van der Waals surface area contributed by atoms with Gasteiger partial charge in [0.1, 0.15) is 5.82 Å². The molecule has 0 bridgehead atoms. The predicted molar refractivity (Wildman–Crippen MR) is 110 cm³/mol. The van der Waals surface area contributed by atoms with E-state index in [2.05, 4.69) is 61.1 Å². The van der Waals surface area contributed by atoms with Crippen molar-refractivity contribution in [1.82, 2.24) is 4.98 Å². The van der Waals surface area contributed by atoms with Gasteiger partial charge in [-0.1, -0.05) is 45.9 Å². The molecule has 1 aliphatic heterocycles. The number of amides is 1. The molecular formula is C22H29N3O2. The molecule has 0 atom stereocenters. The standard InChI is InChI=1S/C22H29N3O2/c1-15(2)17-7-5-8-18(16(3)4)20(17)24-22(26)19-9-6-10-23-21(19)25-11-13-27-14-12-25/h5-10,15-16H,11-14H2,1-4H3,(H,24,26). The lowest BCUT2D eigenvalue weighted by molar-refractivity contribution is 0.102. The van der Waals surface area contributed by atoms with E-state index in [1.807, 2.05) is 12.1 Å². The Balaban J connectivity index is 1.95. The van der Waals surface area contributed by atoms with Crippen molar-refractivity contribution in [2.45, 2.75) is 39.5 Å². The molecule has 0 radical (unpaired) electrons. The predicted octanol–water partition coefficient (Wildman–Crippen LogP) is 4.42. The summed E-state index contributed by atoms with van der Waals surface area (Å²) in [6, 6.07) is 9.93. The number of anilines is 2. The number of hydrogen-bond acceptors (Lipinski definition) is 4. The van der Waals surface area contributed by atoms with Crippen molar-refractivity contribution in [2.24, 2.45) is 0 Å². The summed E-state index contributed by atoms with van der Waals surface area (Å²) in [6.07, 6.45) is 1.74. The Morgan fingerprint density at radius 2 is 1.67 bits per heavy atom. The number of nitrogens with one attached hydrogen (secondary N) is 1. The molecule has 0 spiro atoms. The van der Waals surface area contributed by atoms with Crippen molar-refractivity contribution in [2.75, 3.05) is 36.5 Å². The van der Waals surface area contributed by atoms with Gasteiger partial charge in [0.25, 0.3) is 5.91 Å². The Kier molecular flexibility index (Phi) is 6.11. The molecule has 1 amide bonds. The maximum Gasteiger partial charge on any atom is 0.259 e. The van der Waals surface area contributed by atoms with Gasteiger partial charge in [-0.3, -0.25) is 4.79 Å². The Morgan fingerprint density at radius 3 is 2.26 bits per heavy atom. The van der Waals surface area contributed by atoms with Crippen LogP contribution < -0.4 is 10.2 Å². The molecule has 0 unspecified atom stereocenters. The number of morpholine rings is 1. The van der Waals surface area contributed by atoms with E-state index in [0.29, 0.717) is 30.6 Å². The van der Waals surface area contributed by atoms with Crippen molar-refractivity contribution in [1.29, 1.82) is 0 Å². The van der Waals surface area contributed by atoms with Crippen LogP contribution in [0.5, 0.6) is 0 Å². The number of rotatable bonds is 5. The molecule has 1 N–H and O–H groups in total. The van der Waals surface area contributed by atoms with Crippen molar-refractivity contribution < 1.29 is 9.53 Å². The molecule has 1 saturated heterocycles. The number of carbonyl (C=O) groups is 1. The summed E-state index contributed by atoms with van der Waals surface area (Å²) in [4.78, 5) is 19.8. The van der Waals surface area contributed by atoms with Crippen molar-refractivity contribution >= 4 is 17.4 Å². The highest BCUT2D eigenvalue weighted by Crippen LogP contribution is 2.33. The molecule has 0 saturated carbocycles. The van der Waals surface area contributed by atoms with Crippen LogP contribution >= 0.6 is 0 Å². The molecule has 1 aromatic carbocycles. The molecule has 27 heavy (non-hydrogen) atoms. The number of nitrogens with zero attached hydrogens (tertiary/aromatic N) is 2. The van der Waals surface area contributed by atoms with E-state index in [-0.39, 0.29) is 5.91 Å². The van der Waals surface area contributed by atoms with Gasteiger partial charge in [0, 0.05) is 25.0 Å². The fourth-order valence-electron chi connectivity index (χ4n) is 3.48. The molecule has 1 aromatic heterocycles. The third-order valence-electron chi connectivity index (χ3n) is 4.95. The first-order valence-electron chi connectivity index (χ1n) is 9.71. The summed E-state index contributed by atoms with van der Waals surface area (Å²) in [5, 5.41) is 3.20. The number of aromatic nitrogens is 1. The molecule has 5 nitrogen and oxygen atoms in total. The molecule has 5 heteroatoms. The largest absolute Gasteiger partial charge is 0.378 e. The summed E-state index contributed by atoms with van der Waals surface area (Å²) in [7, 11) is 0. The first-order chi connectivity index (χ1) is 13.0. The minimum atomic E-state index is -0.111. The summed E-state index contributed by atoms with van der Waals surface area (Å²) < 4.78 is 5.43. The monoisotopic (exact) mass is 367 g/mol. The van der Waals surface area contributed by atoms with Crippen LogP contribution in [0.2, 0.25) is 0 Å². The second kappa shape index (κ2) is 8.53. The highest BCUT2D eigenvalue weighted by Gasteiger charge is 2.22. The Morgan fingerprint density at radius 1 is 1.04 bits per heavy atom. The molecule has 2 heterocycles. The van der Waals surface area contributed by atoms with Crippen LogP contribution in [0.3, 0.4) is 0 Å². The number of pyridine rings is 1. The molecule has 1 aliphatic rings. The third-order valence-corrected chi connectivity index (χ3v) is 4.95. The zero-order valence-corrected chi connectivity index (χ0v) is 16.7. The first kappa shape index (κ1) is 19.4. The van der Waals surface area contributed by atoms with Crippen molar-refractivity contribution in [3.63, 3.8) is 0 Å². The molecule has 3 rings (SSSR count). The van der Waals surface area contributed by atoms with E-state index in [0.717, 1.165) is 35.7 Å². The second-order valence-electron chi connectivity index (χ2n) is 7.55. The highest BCUT2D eigenvalue weighted by molar-refractivity contribution is 6.08. The Labute approximate surface area is 161 Å². The minimum absolute atomic E-state index is 0.111. The molecule has 2 aromatic rings. The average Bonchev–Trinajstić information content (AvgIpc) is 2.68. The van der Waals surface area contributed by atoms with E-state index in [1.165, 1.54) is 0 Å². The lowest BCUT2D eigenvalue weighted by atomic mass is 9.92. The van der Waals surface area contributed by atoms with E-state index in [9.17, 15) is 4.79 Å². The van der Waals surface area contributed by atoms with Gasteiger partial charge >= 0.3 is 0 Å². The van der Waals surface area contributed by atoms with Crippen molar-refractivity contribution in [3.8, 4) is 0 Å². The van der Waals surface area contributed by atoms with Gasteiger partial charge in [0.15, 0.2) is 0 Å². The normalized spacial score (nSPS) is 14.7. The number of hydrogen-bond donors (Lipinski definition) is 1.